The number of aromatic nitrogens is 2. The highest BCUT2D eigenvalue weighted by molar-refractivity contribution is 7.78. The molecule has 1 saturated heterocycles. The predicted octanol–water partition coefficient (Wildman–Crippen LogP) is -1.13. The predicted molar refractivity (Wildman–Crippen MR) is 81.3 cm³/mol. The standard InChI is InChI=1S/C13H15N3O6S/c1-6-4-16(12(20)15-11(6)19)8-3-13(21,14-5-23)10(22-8)9(18)7(2)17/h4,8-10,18,21H,3H2,1-2H3,(H,15,19,20)/t8-,9?,10-,13+/m1/s1. The van der Waals surface area contributed by atoms with E-state index in [2.05, 4.69) is 22.2 Å². The van der Waals surface area contributed by atoms with Gasteiger partial charge in [-0.2, -0.15) is 4.99 Å². The molecule has 10 heteroatoms. The highest BCUT2D eigenvalue weighted by Gasteiger charge is 2.53. The molecule has 0 aliphatic carbocycles. The average Bonchev–Trinajstić information content (AvgIpc) is 2.79. The van der Waals surface area contributed by atoms with Crippen LogP contribution >= 0.6 is 12.2 Å². The second-order valence-electron chi connectivity index (χ2n) is 5.33. The first kappa shape index (κ1) is 17.4. The summed E-state index contributed by atoms with van der Waals surface area (Å²) in [7, 11) is 0. The molecule has 2 rings (SSSR count). The van der Waals surface area contributed by atoms with Crippen LogP contribution in [0, 0.1) is 6.92 Å². The van der Waals surface area contributed by atoms with E-state index in [4.69, 9.17) is 4.74 Å². The number of aryl methyl sites for hydroxylation is 1. The highest BCUT2D eigenvalue weighted by Crippen LogP contribution is 2.38. The fraction of sp³-hybridized carbons (Fsp3) is 0.538. The molecule has 1 aromatic heterocycles. The number of aliphatic hydroxyl groups is 2. The molecule has 2 heterocycles. The Bertz CT molecular complexity index is 796. The molecule has 1 unspecified atom stereocenters. The SMILES string of the molecule is CC(=O)C(O)[C@H]1O[C@@H](n2cc(C)c(=O)[nH]c2=O)C[C@@]1(O)N=C=S. The maximum Gasteiger partial charge on any atom is 0.330 e. The summed E-state index contributed by atoms with van der Waals surface area (Å²) < 4.78 is 6.50. The van der Waals surface area contributed by atoms with E-state index < -0.39 is 41.2 Å². The number of hydrogen-bond acceptors (Lipinski definition) is 8. The quantitative estimate of drug-likeness (QED) is 0.466. The van der Waals surface area contributed by atoms with Gasteiger partial charge in [-0.15, -0.1) is 0 Å². The Morgan fingerprint density at radius 3 is 2.87 bits per heavy atom. The van der Waals surface area contributed by atoms with Gasteiger partial charge in [0.05, 0.1) is 5.16 Å². The molecule has 1 aliphatic heterocycles. The number of carbonyl (C=O) groups is 1. The van der Waals surface area contributed by atoms with Gasteiger partial charge in [-0.25, -0.2) is 4.79 Å². The number of Topliss-reactive ketones (excluding diaryl/α,β-unsaturated/α-hetero) is 1. The number of aliphatic hydroxyl groups excluding tert-OH is 1. The van der Waals surface area contributed by atoms with Gasteiger partial charge in [0.15, 0.2) is 11.5 Å². The summed E-state index contributed by atoms with van der Waals surface area (Å²) in [5.74, 6) is -0.640. The number of ether oxygens (including phenoxy) is 1. The van der Waals surface area contributed by atoms with Gasteiger partial charge in [-0.1, -0.05) is 0 Å². The van der Waals surface area contributed by atoms with Crippen LogP contribution in [0.25, 0.3) is 0 Å². The van der Waals surface area contributed by atoms with E-state index >= 15 is 0 Å². The van der Waals surface area contributed by atoms with Crippen molar-refractivity contribution in [1.29, 1.82) is 0 Å². The number of aromatic amines is 1. The first-order valence-corrected chi connectivity index (χ1v) is 7.08. The van der Waals surface area contributed by atoms with Crippen molar-refractivity contribution in [2.24, 2.45) is 4.99 Å². The van der Waals surface area contributed by atoms with Crippen LogP contribution in [0.4, 0.5) is 0 Å². The van der Waals surface area contributed by atoms with Crippen molar-refractivity contribution >= 4 is 23.2 Å². The lowest BCUT2D eigenvalue weighted by atomic mass is 9.99. The monoisotopic (exact) mass is 341 g/mol. The molecular formula is C13H15N3O6S. The van der Waals surface area contributed by atoms with Crippen LogP contribution < -0.4 is 11.2 Å². The number of hydrogen-bond donors (Lipinski definition) is 3. The zero-order valence-electron chi connectivity index (χ0n) is 12.3. The fourth-order valence-electron chi connectivity index (χ4n) is 2.39. The van der Waals surface area contributed by atoms with Crippen LogP contribution in [0.1, 0.15) is 25.1 Å². The molecule has 0 aromatic carbocycles. The third kappa shape index (κ3) is 3.21. The van der Waals surface area contributed by atoms with E-state index in [0.29, 0.717) is 0 Å². The van der Waals surface area contributed by atoms with Crippen molar-refractivity contribution in [1.82, 2.24) is 9.55 Å². The summed E-state index contributed by atoms with van der Waals surface area (Å²) in [6, 6.07) is 0. The number of H-pyrrole nitrogens is 1. The topological polar surface area (TPSA) is 134 Å². The van der Waals surface area contributed by atoms with E-state index in [1.54, 1.807) is 0 Å². The Kier molecular flexibility index (Phi) is 4.73. The zero-order valence-corrected chi connectivity index (χ0v) is 13.2. The molecule has 0 radical (unpaired) electrons. The van der Waals surface area contributed by atoms with E-state index in [1.807, 2.05) is 5.16 Å². The van der Waals surface area contributed by atoms with Crippen molar-refractivity contribution in [3.05, 3.63) is 32.6 Å². The van der Waals surface area contributed by atoms with Crippen LogP contribution in [0.2, 0.25) is 0 Å². The number of aliphatic imine (C=N–C) groups is 1. The first-order valence-electron chi connectivity index (χ1n) is 6.67. The van der Waals surface area contributed by atoms with Gasteiger partial charge >= 0.3 is 5.69 Å². The molecule has 4 atom stereocenters. The molecule has 1 aliphatic rings. The molecule has 3 N–H and O–H groups in total. The summed E-state index contributed by atoms with van der Waals surface area (Å²) in [5.41, 5.74) is -3.05. The van der Waals surface area contributed by atoms with Gasteiger partial charge in [0.1, 0.15) is 18.4 Å². The van der Waals surface area contributed by atoms with Gasteiger partial charge in [0.2, 0.25) is 0 Å². The Morgan fingerprint density at radius 1 is 1.65 bits per heavy atom. The summed E-state index contributed by atoms with van der Waals surface area (Å²) in [4.78, 5) is 40.4. The van der Waals surface area contributed by atoms with Crippen LogP contribution in [-0.4, -0.2) is 48.6 Å². The maximum atomic E-state index is 11.9. The lowest BCUT2D eigenvalue weighted by molar-refractivity contribution is -0.147. The molecular weight excluding hydrogens is 326 g/mol. The van der Waals surface area contributed by atoms with Crippen LogP contribution in [0.3, 0.4) is 0 Å². The Labute approximate surface area is 135 Å². The Hall–Kier alpha value is -1.97. The van der Waals surface area contributed by atoms with Gasteiger partial charge < -0.3 is 14.9 Å². The van der Waals surface area contributed by atoms with Crippen molar-refractivity contribution in [2.75, 3.05) is 0 Å². The second kappa shape index (κ2) is 6.26. The summed E-state index contributed by atoms with van der Waals surface area (Å²) >= 11 is 4.47. The number of rotatable bonds is 4. The molecule has 1 fully saturated rings. The van der Waals surface area contributed by atoms with E-state index in [9.17, 15) is 24.6 Å². The van der Waals surface area contributed by atoms with Crippen molar-refractivity contribution in [2.45, 2.75) is 44.4 Å². The van der Waals surface area contributed by atoms with E-state index in [0.717, 1.165) is 11.5 Å². The van der Waals surface area contributed by atoms with Crippen molar-refractivity contribution in [3.8, 4) is 0 Å². The minimum absolute atomic E-state index is 0.253. The van der Waals surface area contributed by atoms with E-state index in [1.165, 1.54) is 13.1 Å². The third-order valence-electron chi connectivity index (χ3n) is 3.63. The molecule has 0 bridgehead atoms. The molecule has 1 aromatic rings. The van der Waals surface area contributed by atoms with Crippen LogP contribution in [-0.2, 0) is 9.53 Å². The highest BCUT2D eigenvalue weighted by atomic mass is 32.1. The lowest BCUT2D eigenvalue weighted by Crippen LogP contribution is -2.47. The van der Waals surface area contributed by atoms with Gasteiger partial charge in [0.25, 0.3) is 5.56 Å². The number of carbonyl (C=O) groups excluding carboxylic acids is 1. The normalized spacial score (nSPS) is 28.2. The molecule has 0 saturated carbocycles. The van der Waals surface area contributed by atoms with Crippen LogP contribution in [0.5, 0.6) is 0 Å². The molecule has 23 heavy (non-hydrogen) atoms. The zero-order chi connectivity index (χ0) is 17.4. The summed E-state index contributed by atoms with van der Waals surface area (Å²) in [6.07, 6.45) is -3.11. The molecule has 124 valence electrons. The Balaban J connectivity index is 2.47. The Morgan fingerprint density at radius 2 is 2.30 bits per heavy atom. The number of nitrogens with zero attached hydrogens (tertiary/aromatic N) is 2. The lowest BCUT2D eigenvalue weighted by Gasteiger charge is -2.25. The molecule has 0 spiro atoms. The van der Waals surface area contributed by atoms with Crippen LogP contribution in [0.15, 0.2) is 20.8 Å². The maximum absolute atomic E-state index is 11.9. The number of ketones is 1. The first-order chi connectivity index (χ1) is 10.7. The summed E-state index contributed by atoms with van der Waals surface area (Å²) in [6.45, 7) is 2.62. The molecule has 9 nitrogen and oxygen atoms in total. The smallest absolute Gasteiger partial charge is 0.330 e. The van der Waals surface area contributed by atoms with Crippen molar-refractivity contribution < 1.29 is 19.7 Å². The van der Waals surface area contributed by atoms with Gasteiger partial charge in [-0.3, -0.25) is 19.1 Å². The van der Waals surface area contributed by atoms with Crippen molar-refractivity contribution in [3.63, 3.8) is 0 Å². The third-order valence-corrected chi connectivity index (χ3v) is 3.72. The van der Waals surface area contributed by atoms with Gasteiger partial charge in [-0.05, 0) is 26.1 Å². The van der Waals surface area contributed by atoms with Gasteiger partial charge in [0, 0.05) is 18.2 Å². The largest absolute Gasteiger partial charge is 0.382 e. The second-order valence-corrected chi connectivity index (χ2v) is 5.51. The number of thiocarbonyl (C=S) groups is 1. The van der Waals surface area contributed by atoms with E-state index in [-0.39, 0.29) is 12.0 Å². The summed E-state index contributed by atoms with van der Waals surface area (Å²) in [5, 5.41) is 22.4. The number of nitrogens with one attached hydrogen (secondary N) is 1. The minimum atomic E-state index is -2.01. The number of isothiocyanates is 1. The molecule has 0 amide bonds. The average molecular weight is 341 g/mol. The minimum Gasteiger partial charge on any atom is -0.382 e. The fourth-order valence-corrected chi connectivity index (χ4v) is 2.55.